The highest BCUT2D eigenvalue weighted by Crippen LogP contribution is 2.08. The summed E-state index contributed by atoms with van der Waals surface area (Å²) < 4.78 is 5.17. The molecule has 2 amide bonds. The normalized spacial score (nSPS) is 12.4. The zero-order valence-corrected chi connectivity index (χ0v) is 14.1. The van der Waals surface area contributed by atoms with Crippen molar-refractivity contribution in [3.63, 3.8) is 0 Å². The first-order valence-electron chi connectivity index (χ1n) is 7.55. The minimum Gasteiger partial charge on any atom is -0.444 e. The molecule has 1 aromatic carbocycles. The Morgan fingerprint density at radius 3 is 2.32 bits per heavy atom. The lowest BCUT2D eigenvalue weighted by atomic mass is 10.2. The molecule has 5 heteroatoms. The molecule has 5 nitrogen and oxygen atoms in total. The highest BCUT2D eigenvalue weighted by molar-refractivity contribution is 5.85. The van der Waals surface area contributed by atoms with Crippen LogP contribution in [0.25, 0.3) is 0 Å². The van der Waals surface area contributed by atoms with Gasteiger partial charge in [0.25, 0.3) is 0 Å². The number of alkyl carbamates (subject to hydrolysis) is 1. The maximum absolute atomic E-state index is 12.4. The predicted octanol–water partition coefficient (Wildman–Crippen LogP) is 2.95. The minimum atomic E-state index is -0.626. The number of carbonyl (C=O) groups excluding carboxylic acids is 2. The van der Waals surface area contributed by atoms with Crippen molar-refractivity contribution >= 4 is 12.0 Å². The van der Waals surface area contributed by atoms with Gasteiger partial charge in [0.2, 0.25) is 5.91 Å². The number of rotatable bonds is 5. The largest absolute Gasteiger partial charge is 0.444 e. The number of hydrogen-bond donors (Lipinski definition) is 1. The molecule has 0 fully saturated rings. The van der Waals surface area contributed by atoms with E-state index in [9.17, 15) is 9.59 Å². The molecule has 1 N–H and O–H groups in total. The summed E-state index contributed by atoms with van der Waals surface area (Å²) >= 11 is 0. The molecule has 0 aromatic heterocycles. The summed E-state index contributed by atoms with van der Waals surface area (Å²) in [6.45, 7) is 10.0. The van der Waals surface area contributed by atoms with E-state index in [1.807, 2.05) is 37.3 Å². The quantitative estimate of drug-likeness (QED) is 0.910. The van der Waals surface area contributed by atoms with Crippen molar-refractivity contribution in [2.45, 2.75) is 52.8 Å². The van der Waals surface area contributed by atoms with E-state index in [4.69, 9.17) is 4.74 Å². The Morgan fingerprint density at radius 1 is 1.23 bits per heavy atom. The first kappa shape index (κ1) is 18.0. The number of nitrogens with zero attached hydrogens (tertiary/aromatic N) is 1. The Morgan fingerprint density at radius 2 is 1.82 bits per heavy atom. The Balaban J connectivity index is 2.61. The molecule has 1 unspecified atom stereocenters. The average molecular weight is 306 g/mol. The van der Waals surface area contributed by atoms with Crippen LogP contribution in [0.1, 0.15) is 40.2 Å². The van der Waals surface area contributed by atoms with E-state index < -0.39 is 17.7 Å². The Hall–Kier alpha value is -2.04. The van der Waals surface area contributed by atoms with Crippen molar-refractivity contribution in [3.05, 3.63) is 35.9 Å². The maximum Gasteiger partial charge on any atom is 0.408 e. The van der Waals surface area contributed by atoms with Crippen molar-refractivity contribution in [1.82, 2.24) is 10.2 Å². The number of hydrogen-bond acceptors (Lipinski definition) is 3. The van der Waals surface area contributed by atoms with E-state index in [-0.39, 0.29) is 5.91 Å². The van der Waals surface area contributed by atoms with Crippen LogP contribution in [0.3, 0.4) is 0 Å². The molecule has 1 rings (SSSR count). The van der Waals surface area contributed by atoms with E-state index in [0.717, 1.165) is 5.56 Å². The summed E-state index contributed by atoms with van der Waals surface area (Å²) in [7, 11) is 0. The number of likely N-dealkylation sites (N-methyl/N-ethyl adjacent to an activating group) is 1. The molecule has 0 bridgehead atoms. The molecule has 1 aromatic rings. The zero-order chi connectivity index (χ0) is 16.8. The second-order valence-electron chi connectivity index (χ2n) is 6.21. The third-order valence-electron chi connectivity index (χ3n) is 3.01. The van der Waals surface area contributed by atoms with Crippen LogP contribution < -0.4 is 5.32 Å². The van der Waals surface area contributed by atoms with Gasteiger partial charge >= 0.3 is 6.09 Å². The summed E-state index contributed by atoms with van der Waals surface area (Å²) in [4.78, 5) is 25.9. The predicted molar refractivity (Wildman–Crippen MR) is 86.4 cm³/mol. The second kappa shape index (κ2) is 7.82. The van der Waals surface area contributed by atoms with Gasteiger partial charge in [-0.15, -0.1) is 0 Å². The third kappa shape index (κ3) is 6.16. The lowest BCUT2D eigenvalue weighted by Crippen LogP contribution is -2.47. The van der Waals surface area contributed by atoms with Gasteiger partial charge in [0.05, 0.1) is 0 Å². The average Bonchev–Trinajstić information content (AvgIpc) is 2.43. The van der Waals surface area contributed by atoms with Crippen molar-refractivity contribution in [1.29, 1.82) is 0 Å². The molecule has 122 valence electrons. The Bertz CT molecular complexity index is 494. The Kier molecular flexibility index (Phi) is 6.40. The fourth-order valence-corrected chi connectivity index (χ4v) is 1.97. The summed E-state index contributed by atoms with van der Waals surface area (Å²) in [5.41, 5.74) is 0.476. The van der Waals surface area contributed by atoms with Gasteiger partial charge in [-0.2, -0.15) is 0 Å². The van der Waals surface area contributed by atoms with E-state index in [0.29, 0.717) is 13.1 Å². The molecule has 0 aliphatic heterocycles. The third-order valence-corrected chi connectivity index (χ3v) is 3.01. The topological polar surface area (TPSA) is 58.6 Å². The lowest BCUT2D eigenvalue weighted by molar-refractivity contribution is -0.133. The molecular weight excluding hydrogens is 280 g/mol. The number of amides is 2. The Labute approximate surface area is 132 Å². The van der Waals surface area contributed by atoms with Gasteiger partial charge < -0.3 is 15.0 Å². The molecule has 22 heavy (non-hydrogen) atoms. The van der Waals surface area contributed by atoms with Gasteiger partial charge in [-0.1, -0.05) is 30.3 Å². The number of carbonyl (C=O) groups is 2. The molecule has 0 saturated heterocycles. The van der Waals surface area contributed by atoms with Crippen molar-refractivity contribution in [2.24, 2.45) is 0 Å². The van der Waals surface area contributed by atoms with Crippen molar-refractivity contribution in [3.8, 4) is 0 Å². The first-order valence-corrected chi connectivity index (χ1v) is 7.55. The lowest BCUT2D eigenvalue weighted by Gasteiger charge is -2.26. The van der Waals surface area contributed by atoms with Crippen LogP contribution in [0.2, 0.25) is 0 Å². The second-order valence-corrected chi connectivity index (χ2v) is 6.21. The highest BCUT2D eigenvalue weighted by Gasteiger charge is 2.24. The molecule has 0 saturated carbocycles. The van der Waals surface area contributed by atoms with Gasteiger partial charge in [0, 0.05) is 13.1 Å². The summed E-state index contributed by atoms with van der Waals surface area (Å²) in [5.74, 6) is -0.128. The van der Waals surface area contributed by atoms with E-state index in [1.165, 1.54) is 0 Å². The van der Waals surface area contributed by atoms with Gasteiger partial charge in [0.15, 0.2) is 0 Å². The van der Waals surface area contributed by atoms with Gasteiger partial charge in [-0.25, -0.2) is 4.79 Å². The van der Waals surface area contributed by atoms with Gasteiger partial charge in [-0.05, 0) is 40.2 Å². The van der Waals surface area contributed by atoms with Crippen LogP contribution in [0.5, 0.6) is 0 Å². The SMILES string of the molecule is CCN(Cc1ccccc1)C(=O)C(C)NC(=O)OC(C)(C)C. The first-order chi connectivity index (χ1) is 10.2. The van der Waals surface area contributed by atoms with Gasteiger partial charge in [-0.3, -0.25) is 4.79 Å². The highest BCUT2D eigenvalue weighted by atomic mass is 16.6. The standard InChI is InChI=1S/C17H26N2O3/c1-6-19(12-14-10-8-7-9-11-14)15(20)13(2)18-16(21)22-17(3,4)5/h7-11,13H,6,12H2,1-5H3,(H,18,21). The monoisotopic (exact) mass is 306 g/mol. The van der Waals surface area contributed by atoms with Crippen LogP contribution in [0.15, 0.2) is 30.3 Å². The number of ether oxygens (including phenoxy) is 1. The number of benzene rings is 1. The minimum absolute atomic E-state index is 0.128. The zero-order valence-electron chi connectivity index (χ0n) is 14.1. The van der Waals surface area contributed by atoms with Gasteiger partial charge in [0.1, 0.15) is 11.6 Å². The fourth-order valence-electron chi connectivity index (χ4n) is 1.97. The number of nitrogens with one attached hydrogen (secondary N) is 1. The molecule has 0 spiro atoms. The van der Waals surface area contributed by atoms with Crippen LogP contribution in [-0.4, -0.2) is 35.1 Å². The smallest absolute Gasteiger partial charge is 0.408 e. The van der Waals surface area contributed by atoms with Crippen molar-refractivity contribution < 1.29 is 14.3 Å². The van der Waals surface area contributed by atoms with E-state index in [1.54, 1.807) is 32.6 Å². The molecule has 0 aliphatic carbocycles. The molecule has 1 atom stereocenters. The van der Waals surface area contributed by atoms with Crippen LogP contribution in [0, 0.1) is 0 Å². The van der Waals surface area contributed by atoms with E-state index >= 15 is 0 Å². The van der Waals surface area contributed by atoms with Crippen molar-refractivity contribution in [2.75, 3.05) is 6.54 Å². The van der Waals surface area contributed by atoms with Crippen LogP contribution >= 0.6 is 0 Å². The molecule has 0 aliphatic rings. The van der Waals surface area contributed by atoms with E-state index in [2.05, 4.69) is 5.32 Å². The summed E-state index contributed by atoms with van der Waals surface area (Å²) in [5, 5.41) is 2.58. The maximum atomic E-state index is 12.4. The van der Waals surface area contributed by atoms with Crippen LogP contribution in [-0.2, 0) is 16.1 Å². The molecule has 0 heterocycles. The molecular formula is C17H26N2O3. The summed E-state index contributed by atoms with van der Waals surface area (Å²) in [6.07, 6.45) is -0.580. The van der Waals surface area contributed by atoms with Crippen LogP contribution in [0.4, 0.5) is 4.79 Å². The summed E-state index contributed by atoms with van der Waals surface area (Å²) in [6, 6.07) is 9.14. The fraction of sp³-hybridized carbons (Fsp3) is 0.529. The molecule has 0 radical (unpaired) electrons.